The van der Waals surface area contributed by atoms with Crippen LogP contribution in [0.3, 0.4) is 0 Å². The summed E-state index contributed by atoms with van der Waals surface area (Å²) in [6.07, 6.45) is 0.505. The molecular formula is C11H13BrFNO3S. The zero-order valence-electron chi connectivity index (χ0n) is 9.77. The molecule has 0 saturated carbocycles. The average Bonchev–Trinajstić information content (AvgIpc) is 2.55. The van der Waals surface area contributed by atoms with Crippen molar-refractivity contribution in [2.75, 3.05) is 19.4 Å². The van der Waals surface area contributed by atoms with Crippen LogP contribution in [0.2, 0.25) is 0 Å². The predicted molar refractivity (Wildman–Crippen MR) is 69.5 cm³/mol. The Morgan fingerprint density at radius 1 is 1.56 bits per heavy atom. The number of hydrogen-bond acceptors (Lipinski definition) is 3. The van der Waals surface area contributed by atoms with E-state index in [0.29, 0.717) is 10.9 Å². The number of ether oxygens (including phenoxy) is 1. The largest absolute Gasteiger partial charge is 0.488 e. The lowest BCUT2D eigenvalue weighted by molar-refractivity contribution is 0.221. The summed E-state index contributed by atoms with van der Waals surface area (Å²) >= 11 is 3.20. The van der Waals surface area contributed by atoms with Crippen LogP contribution in [0, 0.1) is 5.82 Å². The highest BCUT2D eigenvalue weighted by molar-refractivity contribution is 9.10. The van der Waals surface area contributed by atoms with Crippen LogP contribution in [-0.4, -0.2) is 38.2 Å². The molecule has 0 N–H and O–H groups in total. The molecule has 7 heteroatoms. The molecule has 0 radical (unpaired) electrons. The van der Waals surface area contributed by atoms with Crippen LogP contribution in [0.4, 0.5) is 4.39 Å². The van der Waals surface area contributed by atoms with E-state index in [2.05, 4.69) is 15.9 Å². The van der Waals surface area contributed by atoms with Gasteiger partial charge in [-0.3, -0.25) is 0 Å². The van der Waals surface area contributed by atoms with Crippen molar-refractivity contribution in [2.45, 2.75) is 12.5 Å². The van der Waals surface area contributed by atoms with Gasteiger partial charge in [0.15, 0.2) is 11.6 Å². The van der Waals surface area contributed by atoms with Crippen molar-refractivity contribution in [3.63, 3.8) is 0 Å². The highest BCUT2D eigenvalue weighted by Crippen LogP contribution is 2.29. The number of para-hydroxylation sites is 1. The van der Waals surface area contributed by atoms with Crippen molar-refractivity contribution >= 4 is 26.0 Å². The van der Waals surface area contributed by atoms with E-state index in [1.165, 1.54) is 17.4 Å². The molecule has 100 valence electrons. The quantitative estimate of drug-likeness (QED) is 0.847. The first-order chi connectivity index (χ1) is 8.42. The van der Waals surface area contributed by atoms with Crippen LogP contribution in [0.25, 0.3) is 0 Å². The third-order valence-corrected chi connectivity index (χ3v) is 5.55. The van der Waals surface area contributed by atoms with Gasteiger partial charge in [-0.2, -0.15) is 4.31 Å². The van der Waals surface area contributed by atoms with Gasteiger partial charge in [-0.1, -0.05) is 6.07 Å². The van der Waals surface area contributed by atoms with E-state index in [-0.39, 0.29) is 24.2 Å². The van der Waals surface area contributed by atoms with Crippen LogP contribution >= 0.6 is 15.9 Å². The molecule has 0 aliphatic carbocycles. The Labute approximate surface area is 114 Å². The Morgan fingerprint density at radius 3 is 2.83 bits per heavy atom. The molecule has 0 amide bonds. The van der Waals surface area contributed by atoms with Crippen LogP contribution in [0.1, 0.15) is 6.42 Å². The maximum atomic E-state index is 13.5. The van der Waals surface area contributed by atoms with Crippen LogP contribution in [0.5, 0.6) is 5.75 Å². The van der Waals surface area contributed by atoms with Gasteiger partial charge in [0, 0.05) is 7.05 Å². The summed E-state index contributed by atoms with van der Waals surface area (Å²) in [5, 5.41) is 0. The summed E-state index contributed by atoms with van der Waals surface area (Å²) in [6, 6.07) is 4.31. The zero-order valence-corrected chi connectivity index (χ0v) is 12.2. The smallest absolute Gasteiger partial charge is 0.214 e. The number of halogens is 2. The molecule has 2 rings (SSSR count). The van der Waals surface area contributed by atoms with E-state index in [1.807, 2.05) is 0 Å². The van der Waals surface area contributed by atoms with Crippen molar-refractivity contribution in [3.05, 3.63) is 28.5 Å². The Kier molecular flexibility index (Phi) is 3.93. The molecule has 0 bridgehead atoms. The third kappa shape index (κ3) is 2.67. The maximum absolute atomic E-state index is 13.5. The minimum Gasteiger partial charge on any atom is -0.488 e. The van der Waals surface area contributed by atoms with Gasteiger partial charge in [-0.15, -0.1) is 0 Å². The summed E-state index contributed by atoms with van der Waals surface area (Å²) < 4.78 is 43.7. The van der Waals surface area contributed by atoms with Crippen molar-refractivity contribution < 1.29 is 17.5 Å². The van der Waals surface area contributed by atoms with Gasteiger partial charge in [-0.25, -0.2) is 12.8 Å². The molecule has 1 saturated heterocycles. The fraction of sp³-hybridized carbons (Fsp3) is 0.455. The first-order valence-electron chi connectivity index (χ1n) is 5.44. The summed E-state index contributed by atoms with van der Waals surface area (Å²) in [5.41, 5.74) is 0. The number of likely N-dealkylation sites (N-methyl/N-ethyl adjacent to an activating group) is 1. The van der Waals surface area contributed by atoms with Gasteiger partial charge in [0.1, 0.15) is 6.61 Å². The first-order valence-corrected chi connectivity index (χ1v) is 7.84. The molecule has 1 atom stereocenters. The van der Waals surface area contributed by atoms with Gasteiger partial charge in [0.25, 0.3) is 0 Å². The summed E-state index contributed by atoms with van der Waals surface area (Å²) in [5.74, 6) is -0.223. The fourth-order valence-electron chi connectivity index (χ4n) is 1.83. The summed E-state index contributed by atoms with van der Waals surface area (Å²) in [7, 11) is -1.63. The maximum Gasteiger partial charge on any atom is 0.214 e. The molecule has 1 unspecified atom stereocenters. The SMILES string of the molecule is CN1C(COc2c(F)cccc2Br)CCS1(=O)=O. The van der Waals surface area contributed by atoms with Crippen LogP contribution < -0.4 is 4.74 Å². The molecule has 0 spiro atoms. The Balaban J connectivity index is 2.05. The van der Waals surface area contributed by atoms with E-state index in [1.54, 1.807) is 12.1 Å². The lowest BCUT2D eigenvalue weighted by Gasteiger charge is -2.19. The normalized spacial score (nSPS) is 23.2. The van der Waals surface area contributed by atoms with Crippen molar-refractivity contribution in [3.8, 4) is 5.75 Å². The highest BCUT2D eigenvalue weighted by Gasteiger charge is 2.34. The number of nitrogens with zero attached hydrogens (tertiary/aromatic N) is 1. The van der Waals surface area contributed by atoms with Crippen molar-refractivity contribution in [1.29, 1.82) is 0 Å². The average molecular weight is 338 g/mol. The molecular weight excluding hydrogens is 325 g/mol. The van der Waals surface area contributed by atoms with E-state index < -0.39 is 15.8 Å². The zero-order chi connectivity index (χ0) is 13.3. The number of sulfonamides is 1. The van der Waals surface area contributed by atoms with Crippen LogP contribution in [0.15, 0.2) is 22.7 Å². The number of hydrogen-bond donors (Lipinski definition) is 0. The van der Waals surface area contributed by atoms with Crippen molar-refractivity contribution in [2.24, 2.45) is 0 Å². The van der Waals surface area contributed by atoms with Gasteiger partial charge in [0.05, 0.1) is 16.3 Å². The topological polar surface area (TPSA) is 46.6 Å². The summed E-state index contributed by atoms with van der Waals surface area (Å²) in [6.45, 7) is 0.148. The van der Waals surface area contributed by atoms with E-state index in [9.17, 15) is 12.8 Å². The lowest BCUT2D eigenvalue weighted by Crippen LogP contribution is -2.33. The molecule has 1 aromatic rings. The second-order valence-electron chi connectivity index (χ2n) is 4.14. The number of benzene rings is 1. The van der Waals surface area contributed by atoms with Gasteiger partial charge >= 0.3 is 0 Å². The van der Waals surface area contributed by atoms with Crippen molar-refractivity contribution in [1.82, 2.24) is 4.31 Å². The minimum atomic E-state index is -3.15. The predicted octanol–water partition coefficient (Wildman–Crippen LogP) is 2.00. The van der Waals surface area contributed by atoms with E-state index >= 15 is 0 Å². The van der Waals surface area contributed by atoms with Gasteiger partial charge in [0.2, 0.25) is 10.0 Å². The molecule has 1 fully saturated rings. The van der Waals surface area contributed by atoms with Crippen LogP contribution in [-0.2, 0) is 10.0 Å². The van der Waals surface area contributed by atoms with Gasteiger partial charge < -0.3 is 4.74 Å². The monoisotopic (exact) mass is 337 g/mol. The number of rotatable bonds is 3. The molecule has 18 heavy (non-hydrogen) atoms. The van der Waals surface area contributed by atoms with Gasteiger partial charge in [-0.05, 0) is 34.5 Å². The molecule has 1 heterocycles. The van der Waals surface area contributed by atoms with E-state index in [4.69, 9.17) is 4.74 Å². The Bertz CT molecular complexity index is 529. The molecule has 1 aliphatic heterocycles. The van der Waals surface area contributed by atoms with E-state index in [0.717, 1.165) is 0 Å². The second-order valence-corrected chi connectivity index (χ2v) is 7.14. The summed E-state index contributed by atoms with van der Waals surface area (Å²) in [4.78, 5) is 0. The highest BCUT2D eigenvalue weighted by atomic mass is 79.9. The third-order valence-electron chi connectivity index (χ3n) is 3.00. The standard InChI is InChI=1S/C11H13BrFNO3S/c1-14-8(5-6-18(14,15)16)7-17-11-9(12)3-2-4-10(11)13/h2-4,8H,5-7H2,1H3. The molecule has 0 aromatic heterocycles. The lowest BCUT2D eigenvalue weighted by atomic mass is 10.2. The Morgan fingerprint density at radius 2 is 2.28 bits per heavy atom. The first kappa shape index (κ1) is 13.8. The molecule has 1 aliphatic rings. The second kappa shape index (κ2) is 5.14. The molecule has 4 nitrogen and oxygen atoms in total. The minimum absolute atomic E-state index is 0.121. The molecule has 1 aromatic carbocycles. The fourth-order valence-corrected chi connectivity index (χ4v) is 3.76. The Hall–Kier alpha value is -0.660.